The topological polar surface area (TPSA) is 95.3 Å². The largest absolute Gasteiger partial charge is 0.483 e. The first-order chi connectivity index (χ1) is 18.9. The smallest absolute Gasteiger partial charge is 0.341 e. The Morgan fingerprint density at radius 3 is 2.62 bits per heavy atom. The first kappa shape index (κ1) is 28.6. The molecule has 0 aliphatic carbocycles. The SMILES string of the molecule is C=CCn1c(SCC(=O)Nc2scc(-c3ccccc3)c2C(=O)OCC)nnc1C(C)Oc1ccc(Br)cc1. The zero-order valence-electron chi connectivity index (χ0n) is 21.4. The summed E-state index contributed by atoms with van der Waals surface area (Å²) in [5, 5.41) is 14.4. The van der Waals surface area contributed by atoms with Crippen LogP contribution in [0.3, 0.4) is 0 Å². The second-order valence-corrected chi connectivity index (χ2v) is 11.0. The van der Waals surface area contributed by atoms with Gasteiger partial charge in [-0.2, -0.15) is 0 Å². The van der Waals surface area contributed by atoms with E-state index < -0.39 is 5.97 Å². The van der Waals surface area contributed by atoms with E-state index in [1.165, 1.54) is 23.1 Å². The number of thioether (sulfide) groups is 1. The van der Waals surface area contributed by atoms with Crippen LogP contribution in [-0.2, 0) is 16.1 Å². The molecule has 0 saturated heterocycles. The van der Waals surface area contributed by atoms with Crippen molar-refractivity contribution in [3.8, 4) is 16.9 Å². The minimum Gasteiger partial charge on any atom is -0.483 e. The summed E-state index contributed by atoms with van der Waals surface area (Å²) in [7, 11) is 0. The van der Waals surface area contributed by atoms with Crippen molar-refractivity contribution in [3.05, 3.63) is 88.5 Å². The Labute approximate surface area is 243 Å². The molecule has 0 aliphatic rings. The molecule has 11 heteroatoms. The molecule has 0 spiro atoms. The van der Waals surface area contributed by atoms with Crippen molar-refractivity contribution in [2.75, 3.05) is 17.7 Å². The maximum absolute atomic E-state index is 13.0. The zero-order chi connectivity index (χ0) is 27.8. The molecule has 202 valence electrons. The molecule has 1 N–H and O–H groups in total. The van der Waals surface area contributed by atoms with Crippen molar-refractivity contribution in [2.24, 2.45) is 0 Å². The van der Waals surface area contributed by atoms with Gasteiger partial charge in [0.2, 0.25) is 5.91 Å². The highest BCUT2D eigenvalue weighted by Gasteiger charge is 2.24. The highest BCUT2D eigenvalue weighted by Crippen LogP contribution is 2.36. The lowest BCUT2D eigenvalue weighted by atomic mass is 10.0. The lowest BCUT2D eigenvalue weighted by molar-refractivity contribution is -0.113. The van der Waals surface area contributed by atoms with Crippen molar-refractivity contribution >= 4 is 55.9 Å². The maximum Gasteiger partial charge on any atom is 0.341 e. The highest BCUT2D eigenvalue weighted by molar-refractivity contribution is 9.10. The van der Waals surface area contributed by atoms with Gasteiger partial charge in [0.25, 0.3) is 0 Å². The number of hydrogen-bond acceptors (Lipinski definition) is 8. The number of ether oxygens (including phenoxy) is 2. The number of nitrogens with one attached hydrogen (secondary N) is 1. The summed E-state index contributed by atoms with van der Waals surface area (Å²) in [6, 6.07) is 17.1. The Hall–Kier alpha value is -3.41. The van der Waals surface area contributed by atoms with Crippen LogP contribution in [0.5, 0.6) is 5.75 Å². The number of benzene rings is 2. The normalized spacial score (nSPS) is 11.6. The van der Waals surface area contributed by atoms with E-state index in [-0.39, 0.29) is 24.4 Å². The van der Waals surface area contributed by atoms with Crippen LogP contribution in [-0.4, -0.2) is 39.0 Å². The summed E-state index contributed by atoms with van der Waals surface area (Å²) in [4.78, 5) is 25.8. The third-order valence-electron chi connectivity index (χ3n) is 5.49. The van der Waals surface area contributed by atoms with Crippen LogP contribution in [0.4, 0.5) is 5.00 Å². The number of allylic oxidation sites excluding steroid dienone is 1. The van der Waals surface area contributed by atoms with E-state index in [2.05, 4.69) is 38.0 Å². The van der Waals surface area contributed by atoms with Crippen molar-refractivity contribution in [3.63, 3.8) is 0 Å². The second-order valence-electron chi connectivity index (χ2n) is 8.23. The molecule has 4 rings (SSSR count). The number of anilines is 1. The third-order valence-corrected chi connectivity index (χ3v) is 7.88. The van der Waals surface area contributed by atoms with Gasteiger partial charge in [-0.15, -0.1) is 28.1 Å². The number of carbonyl (C=O) groups is 2. The number of halogens is 1. The summed E-state index contributed by atoms with van der Waals surface area (Å²) in [5.41, 5.74) is 1.94. The number of carbonyl (C=O) groups excluding carboxylic acids is 2. The number of hydrogen-bond donors (Lipinski definition) is 1. The molecular weight excluding hydrogens is 600 g/mol. The molecule has 2 aromatic heterocycles. The number of amides is 1. The number of rotatable bonds is 12. The average molecular weight is 628 g/mol. The average Bonchev–Trinajstić information content (AvgIpc) is 3.54. The minimum atomic E-state index is -0.476. The van der Waals surface area contributed by atoms with Crippen LogP contribution in [0.1, 0.15) is 36.1 Å². The molecular formula is C28H27BrN4O4S2. The fourth-order valence-electron chi connectivity index (χ4n) is 3.76. The highest BCUT2D eigenvalue weighted by atomic mass is 79.9. The minimum absolute atomic E-state index is 0.0675. The van der Waals surface area contributed by atoms with E-state index in [0.29, 0.717) is 33.8 Å². The number of esters is 1. The van der Waals surface area contributed by atoms with E-state index in [1.54, 1.807) is 13.0 Å². The Morgan fingerprint density at radius 1 is 1.18 bits per heavy atom. The quantitative estimate of drug-likeness (QED) is 0.103. The molecule has 2 aromatic carbocycles. The van der Waals surface area contributed by atoms with Gasteiger partial charge in [0.05, 0.1) is 12.4 Å². The van der Waals surface area contributed by atoms with E-state index in [9.17, 15) is 9.59 Å². The molecule has 1 unspecified atom stereocenters. The molecule has 0 bridgehead atoms. The fraction of sp³-hybridized carbons (Fsp3) is 0.214. The van der Waals surface area contributed by atoms with Gasteiger partial charge < -0.3 is 14.8 Å². The molecule has 39 heavy (non-hydrogen) atoms. The van der Waals surface area contributed by atoms with Gasteiger partial charge in [0.15, 0.2) is 17.1 Å². The van der Waals surface area contributed by atoms with Gasteiger partial charge in [-0.1, -0.05) is 64.1 Å². The Balaban J connectivity index is 1.47. The number of thiophene rings is 1. The predicted molar refractivity (Wildman–Crippen MR) is 158 cm³/mol. The Bertz CT molecular complexity index is 1440. The lowest BCUT2D eigenvalue weighted by Gasteiger charge is -2.15. The molecule has 0 aliphatic heterocycles. The second kappa shape index (κ2) is 13.6. The molecule has 1 atom stereocenters. The van der Waals surface area contributed by atoms with Crippen LogP contribution in [0.2, 0.25) is 0 Å². The molecule has 0 fully saturated rings. The van der Waals surface area contributed by atoms with Crippen LogP contribution in [0.25, 0.3) is 11.1 Å². The molecule has 2 heterocycles. The Morgan fingerprint density at radius 2 is 1.92 bits per heavy atom. The lowest BCUT2D eigenvalue weighted by Crippen LogP contribution is -2.17. The summed E-state index contributed by atoms with van der Waals surface area (Å²) in [6.07, 6.45) is 1.36. The summed E-state index contributed by atoms with van der Waals surface area (Å²) >= 11 is 5.95. The van der Waals surface area contributed by atoms with Gasteiger partial charge in [-0.05, 0) is 43.7 Å². The summed E-state index contributed by atoms with van der Waals surface area (Å²) < 4.78 is 14.2. The van der Waals surface area contributed by atoms with E-state index >= 15 is 0 Å². The van der Waals surface area contributed by atoms with E-state index in [1.807, 2.05) is 71.5 Å². The van der Waals surface area contributed by atoms with Gasteiger partial charge in [0, 0.05) is 22.0 Å². The van der Waals surface area contributed by atoms with Crippen molar-refractivity contribution in [2.45, 2.75) is 31.7 Å². The Kier molecular flexibility index (Phi) is 9.96. The van der Waals surface area contributed by atoms with Gasteiger partial charge >= 0.3 is 5.97 Å². The maximum atomic E-state index is 13.0. The molecule has 8 nitrogen and oxygen atoms in total. The first-order valence-electron chi connectivity index (χ1n) is 12.1. The van der Waals surface area contributed by atoms with Crippen LogP contribution in [0, 0.1) is 0 Å². The van der Waals surface area contributed by atoms with Crippen LogP contribution >= 0.6 is 39.0 Å². The molecule has 0 radical (unpaired) electrons. The van der Waals surface area contributed by atoms with Gasteiger partial charge in [0.1, 0.15) is 16.3 Å². The molecule has 4 aromatic rings. The summed E-state index contributed by atoms with van der Waals surface area (Å²) in [6.45, 7) is 8.17. The van der Waals surface area contributed by atoms with Gasteiger partial charge in [-0.25, -0.2) is 4.79 Å². The fourth-order valence-corrected chi connectivity index (χ4v) is 5.75. The predicted octanol–water partition coefficient (Wildman–Crippen LogP) is 7.00. The van der Waals surface area contributed by atoms with Crippen molar-refractivity contribution < 1.29 is 19.1 Å². The number of aromatic nitrogens is 3. The van der Waals surface area contributed by atoms with E-state index in [0.717, 1.165) is 15.6 Å². The third kappa shape index (κ3) is 7.17. The van der Waals surface area contributed by atoms with E-state index in [4.69, 9.17) is 9.47 Å². The van der Waals surface area contributed by atoms with Crippen LogP contribution in [0.15, 0.2) is 82.3 Å². The zero-order valence-corrected chi connectivity index (χ0v) is 24.6. The monoisotopic (exact) mass is 626 g/mol. The van der Waals surface area contributed by atoms with Crippen molar-refractivity contribution in [1.82, 2.24) is 14.8 Å². The summed E-state index contributed by atoms with van der Waals surface area (Å²) in [5.74, 6) is 0.640. The van der Waals surface area contributed by atoms with Crippen molar-refractivity contribution in [1.29, 1.82) is 0 Å². The standard InChI is InChI=1S/C28H27BrN4O4S2/c1-4-15-33-25(18(3)37-21-13-11-20(29)12-14-21)31-32-28(33)39-17-23(34)30-26-24(27(35)36-5-2)22(16-38-26)19-9-7-6-8-10-19/h4,6-14,16,18H,1,5,15,17H2,2-3H3,(H,30,34). The molecule has 0 saturated carbocycles. The first-order valence-corrected chi connectivity index (χ1v) is 14.8. The molecule has 1 amide bonds. The van der Waals surface area contributed by atoms with Crippen LogP contribution < -0.4 is 10.1 Å². The van der Waals surface area contributed by atoms with Gasteiger partial charge in [-0.3, -0.25) is 9.36 Å². The number of nitrogens with zero attached hydrogens (tertiary/aromatic N) is 3.